The normalized spacial score (nSPS) is 11.6. The number of ketones is 1. The minimum absolute atomic E-state index is 0.00476. The van der Waals surface area contributed by atoms with Crippen LogP contribution in [-0.2, 0) is 9.84 Å². The predicted molar refractivity (Wildman–Crippen MR) is 86.6 cm³/mol. The molecule has 7 heteroatoms. The van der Waals surface area contributed by atoms with E-state index in [1.54, 1.807) is 13.0 Å². The van der Waals surface area contributed by atoms with Crippen LogP contribution >= 0.6 is 34.5 Å². The Kier molecular flexibility index (Phi) is 4.78. The van der Waals surface area contributed by atoms with Crippen LogP contribution in [0.25, 0.3) is 0 Å². The summed E-state index contributed by atoms with van der Waals surface area (Å²) in [6.07, 6.45) is 0. The summed E-state index contributed by atoms with van der Waals surface area (Å²) in [5, 5.41) is 0.416. The van der Waals surface area contributed by atoms with Crippen molar-refractivity contribution >= 4 is 50.2 Å². The number of rotatable bonds is 4. The molecule has 0 spiro atoms. The van der Waals surface area contributed by atoms with Crippen molar-refractivity contribution < 1.29 is 13.2 Å². The number of Topliss-reactive ketones (excluding diaryl/α,β-unsaturated/α-hetero) is 1. The SMILES string of the molecule is Cc1cc(C(=O)CS(=O)(=O)c2ccc(Cl)c(Cl)c2)c(C)s1. The molecule has 0 unspecified atom stereocenters. The Hall–Kier alpha value is -0.880. The number of benzene rings is 1. The summed E-state index contributed by atoms with van der Waals surface area (Å²) in [5.74, 6) is -0.995. The quantitative estimate of drug-likeness (QED) is 0.760. The standard InChI is InChI=1S/C14H12Cl2O3S2/c1-8-5-11(9(2)20-8)14(17)7-21(18,19)10-3-4-12(15)13(16)6-10/h3-6H,7H2,1-2H3. The molecule has 0 saturated heterocycles. The average molecular weight is 363 g/mol. The molecule has 1 heterocycles. The van der Waals surface area contributed by atoms with Crippen LogP contribution in [-0.4, -0.2) is 20.0 Å². The van der Waals surface area contributed by atoms with Crippen LogP contribution in [0, 0.1) is 13.8 Å². The zero-order chi connectivity index (χ0) is 15.8. The van der Waals surface area contributed by atoms with E-state index >= 15 is 0 Å². The molecule has 0 atom stereocenters. The summed E-state index contributed by atoms with van der Waals surface area (Å²) in [5.41, 5.74) is 0.459. The number of carbonyl (C=O) groups excluding carboxylic acids is 1. The van der Waals surface area contributed by atoms with Gasteiger partial charge in [0.2, 0.25) is 0 Å². The van der Waals surface area contributed by atoms with Crippen LogP contribution in [0.15, 0.2) is 29.2 Å². The molecule has 0 radical (unpaired) electrons. The predicted octanol–water partition coefficient (Wildman–Crippen LogP) is 4.33. The van der Waals surface area contributed by atoms with Gasteiger partial charge in [0.25, 0.3) is 0 Å². The summed E-state index contributed by atoms with van der Waals surface area (Å²) >= 11 is 13.1. The van der Waals surface area contributed by atoms with Gasteiger partial charge >= 0.3 is 0 Å². The van der Waals surface area contributed by atoms with E-state index in [0.29, 0.717) is 5.56 Å². The van der Waals surface area contributed by atoms with E-state index in [4.69, 9.17) is 23.2 Å². The number of sulfone groups is 1. The Morgan fingerprint density at radius 3 is 2.33 bits per heavy atom. The van der Waals surface area contributed by atoms with Gasteiger partial charge in [-0.15, -0.1) is 11.3 Å². The van der Waals surface area contributed by atoms with E-state index < -0.39 is 21.4 Å². The molecule has 3 nitrogen and oxygen atoms in total. The molecule has 0 bridgehead atoms. The zero-order valence-corrected chi connectivity index (χ0v) is 14.5. The minimum atomic E-state index is -3.74. The Bertz CT molecular complexity index is 808. The zero-order valence-electron chi connectivity index (χ0n) is 11.3. The lowest BCUT2D eigenvalue weighted by molar-refractivity contribution is 0.102. The average Bonchev–Trinajstić information content (AvgIpc) is 2.71. The largest absolute Gasteiger partial charge is 0.293 e. The number of aryl methyl sites for hydroxylation is 2. The van der Waals surface area contributed by atoms with E-state index in [0.717, 1.165) is 9.75 Å². The number of hydrogen-bond donors (Lipinski definition) is 0. The molecule has 0 N–H and O–H groups in total. The first-order valence-electron chi connectivity index (χ1n) is 5.99. The highest BCUT2D eigenvalue weighted by Crippen LogP contribution is 2.26. The molecule has 1 aromatic carbocycles. The molecular formula is C14H12Cl2O3S2. The molecule has 0 aliphatic carbocycles. The number of thiophene rings is 1. The number of halogens is 2. The van der Waals surface area contributed by atoms with Crippen LogP contribution in [0.3, 0.4) is 0 Å². The molecule has 2 aromatic rings. The Labute approximate surface area is 137 Å². The van der Waals surface area contributed by atoms with Gasteiger partial charge in [-0.3, -0.25) is 4.79 Å². The van der Waals surface area contributed by atoms with E-state index in [9.17, 15) is 13.2 Å². The lowest BCUT2D eigenvalue weighted by Gasteiger charge is -2.05. The first-order chi connectivity index (χ1) is 9.70. The lowest BCUT2D eigenvalue weighted by Crippen LogP contribution is -2.16. The van der Waals surface area contributed by atoms with Gasteiger partial charge in [-0.1, -0.05) is 23.2 Å². The van der Waals surface area contributed by atoms with Gasteiger partial charge in [0, 0.05) is 15.3 Å². The Balaban J connectivity index is 2.31. The van der Waals surface area contributed by atoms with Crippen LogP contribution in [0.5, 0.6) is 0 Å². The van der Waals surface area contributed by atoms with Crippen LogP contribution in [0.1, 0.15) is 20.1 Å². The Morgan fingerprint density at radius 2 is 1.81 bits per heavy atom. The molecule has 0 saturated carbocycles. The van der Waals surface area contributed by atoms with Crippen molar-refractivity contribution in [2.75, 3.05) is 5.75 Å². The fourth-order valence-electron chi connectivity index (χ4n) is 1.91. The first kappa shape index (κ1) is 16.5. The number of carbonyl (C=O) groups is 1. The van der Waals surface area contributed by atoms with Crippen molar-refractivity contribution in [1.82, 2.24) is 0 Å². The van der Waals surface area contributed by atoms with Gasteiger partial charge in [0.1, 0.15) is 5.75 Å². The summed E-state index contributed by atoms with van der Waals surface area (Å²) in [7, 11) is -3.74. The van der Waals surface area contributed by atoms with Gasteiger partial charge in [-0.25, -0.2) is 8.42 Å². The molecule has 21 heavy (non-hydrogen) atoms. The maximum absolute atomic E-state index is 12.3. The maximum atomic E-state index is 12.3. The second-order valence-corrected chi connectivity index (χ2v) is 8.85. The highest BCUT2D eigenvalue weighted by molar-refractivity contribution is 7.92. The molecule has 0 fully saturated rings. The molecule has 0 amide bonds. The number of hydrogen-bond acceptors (Lipinski definition) is 4. The second kappa shape index (κ2) is 6.08. The van der Waals surface area contributed by atoms with Crippen molar-refractivity contribution in [3.05, 3.63) is 49.6 Å². The topological polar surface area (TPSA) is 51.2 Å². The maximum Gasteiger partial charge on any atom is 0.185 e. The Morgan fingerprint density at radius 1 is 1.14 bits per heavy atom. The van der Waals surface area contributed by atoms with Gasteiger partial charge in [0.15, 0.2) is 15.6 Å². The first-order valence-corrected chi connectivity index (χ1v) is 9.21. The van der Waals surface area contributed by atoms with Crippen molar-refractivity contribution in [3.8, 4) is 0 Å². The molecule has 0 aliphatic heterocycles. The van der Waals surface area contributed by atoms with Crippen LogP contribution in [0.2, 0.25) is 10.0 Å². The van der Waals surface area contributed by atoms with Gasteiger partial charge in [0.05, 0.1) is 14.9 Å². The summed E-state index contributed by atoms with van der Waals surface area (Å²) < 4.78 is 24.6. The van der Waals surface area contributed by atoms with Gasteiger partial charge < -0.3 is 0 Å². The molecule has 0 aliphatic rings. The third kappa shape index (κ3) is 3.66. The molecule has 2 rings (SSSR count). The van der Waals surface area contributed by atoms with Crippen molar-refractivity contribution in [1.29, 1.82) is 0 Å². The molecule has 1 aromatic heterocycles. The molecular weight excluding hydrogens is 351 g/mol. The minimum Gasteiger partial charge on any atom is -0.293 e. The lowest BCUT2D eigenvalue weighted by atomic mass is 10.2. The van der Waals surface area contributed by atoms with E-state index in [1.165, 1.54) is 29.5 Å². The van der Waals surface area contributed by atoms with Crippen molar-refractivity contribution in [2.45, 2.75) is 18.7 Å². The van der Waals surface area contributed by atoms with Crippen molar-refractivity contribution in [2.24, 2.45) is 0 Å². The van der Waals surface area contributed by atoms with Crippen LogP contribution < -0.4 is 0 Å². The molecule has 112 valence electrons. The summed E-state index contributed by atoms with van der Waals surface area (Å²) in [4.78, 5) is 14.0. The summed E-state index contributed by atoms with van der Waals surface area (Å²) in [6, 6.07) is 5.73. The van der Waals surface area contributed by atoms with Crippen molar-refractivity contribution in [3.63, 3.8) is 0 Å². The van der Waals surface area contributed by atoms with Crippen LogP contribution in [0.4, 0.5) is 0 Å². The summed E-state index contributed by atoms with van der Waals surface area (Å²) in [6.45, 7) is 3.68. The smallest absolute Gasteiger partial charge is 0.185 e. The van der Waals surface area contributed by atoms with Gasteiger partial charge in [-0.2, -0.15) is 0 Å². The highest BCUT2D eigenvalue weighted by atomic mass is 35.5. The van der Waals surface area contributed by atoms with Gasteiger partial charge in [-0.05, 0) is 38.1 Å². The third-order valence-electron chi connectivity index (χ3n) is 2.91. The monoisotopic (exact) mass is 362 g/mol. The fourth-order valence-corrected chi connectivity index (χ4v) is 4.46. The second-order valence-electron chi connectivity index (χ2n) is 4.59. The van der Waals surface area contributed by atoms with E-state index in [2.05, 4.69) is 0 Å². The highest BCUT2D eigenvalue weighted by Gasteiger charge is 2.23. The van der Waals surface area contributed by atoms with E-state index in [-0.39, 0.29) is 14.9 Å². The fraction of sp³-hybridized carbons (Fsp3) is 0.214. The third-order valence-corrected chi connectivity index (χ3v) is 6.23. The van der Waals surface area contributed by atoms with E-state index in [1.807, 2.05) is 6.92 Å².